The molecule has 0 unspecified atom stereocenters. The number of methoxy groups -OCH3 is 1. The number of ether oxygens (including phenoxy) is 3. The molecule has 4 rings (SSSR count). The van der Waals surface area contributed by atoms with Crippen LogP contribution in [0, 0.1) is 0 Å². The zero-order valence-corrected chi connectivity index (χ0v) is 19.8. The summed E-state index contributed by atoms with van der Waals surface area (Å²) in [6, 6.07) is 10.2. The van der Waals surface area contributed by atoms with Crippen LogP contribution in [0.15, 0.2) is 30.3 Å². The molecule has 3 fully saturated rings. The van der Waals surface area contributed by atoms with E-state index >= 15 is 0 Å². The summed E-state index contributed by atoms with van der Waals surface area (Å²) in [4.78, 5) is 27.1. The van der Waals surface area contributed by atoms with E-state index in [-0.39, 0.29) is 36.7 Å². The van der Waals surface area contributed by atoms with Gasteiger partial charge in [0.05, 0.1) is 37.5 Å². The topological polar surface area (TPSA) is 89.1 Å². The first-order valence-corrected chi connectivity index (χ1v) is 12.1. The van der Waals surface area contributed by atoms with Crippen molar-refractivity contribution in [3.05, 3.63) is 35.9 Å². The fraction of sp³-hybridized carbons (Fsp3) is 0.680. The first-order valence-electron chi connectivity index (χ1n) is 12.1. The molecule has 1 aliphatic carbocycles. The summed E-state index contributed by atoms with van der Waals surface area (Å²) < 4.78 is 17.1. The van der Waals surface area contributed by atoms with Crippen LogP contribution in [0.2, 0.25) is 0 Å². The Morgan fingerprint density at radius 2 is 2.00 bits per heavy atom. The first-order chi connectivity index (χ1) is 16.0. The summed E-state index contributed by atoms with van der Waals surface area (Å²) in [5, 5.41) is 6.08. The average Bonchev–Trinajstić information content (AvgIpc) is 3.08. The third-order valence-electron chi connectivity index (χ3n) is 7.34. The maximum atomic E-state index is 13.0. The minimum Gasteiger partial charge on any atom is -0.383 e. The van der Waals surface area contributed by atoms with E-state index in [2.05, 4.69) is 41.0 Å². The van der Waals surface area contributed by atoms with Gasteiger partial charge in [-0.1, -0.05) is 30.3 Å². The molecule has 33 heavy (non-hydrogen) atoms. The lowest BCUT2D eigenvalue weighted by atomic mass is 9.82. The highest BCUT2D eigenvalue weighted by molar-refractivity contribution is 5.80. The zero-order chi connectivity index (χ0) is 23.3. The van der Waals surface area contributed by atoms with Crippen LogP contribution in [0.1, 0.15) is 50.5 Å². The second kappa shape index (κ2) is 10.8. The van der Waals surface area contributed by atoms with Crippen LogP contribution >= 0.6 is 0 Å². The summed E-state index contributed by atoms with van der Waals surface area (Å²) in [6.07, 6.45) is 5.00. The Bertz CT molecular complexity index is 798. The largest absolute Gasteiger partial charge is 0.383 e. The second-order valence-electron chi connectivity index (χ2n) is 9.62. The maximum Gasteiger partial charge on any atom is 0.318 e. The number of carbonyl (C=O) groups excluding carboxylic acids is 2. The molecule has 0 radical (unpaired) electrons. The van der Waals surface area contributed by atoms with Crippen LogP contribution in [-0.4, -0.2) is 80.6 Å². The Morgan fingerprint density at radius 3 is 2.70 bits per heavy atom. The van der Waals surface area contributed by atoms with Gasteiger partial charge in [-0.2, -0.15) is 0 Å². The van der Waals surface area contributed by atoms with Crippen LogP contribution < -0.4 is 10.6 Å². The van der Waals surface area contributed by atoms with E-state index in [0.29, 0.717) is 38.7 Å². The van der Waals surface area contributed by atoms with Crippen LogP contribution in [0.25, 0.3) is 0 Å². The molecule has 1 spiro atoms. The SMILES string of the molecule is COCCNC(=O)N1[C@H](C)C[C@@]2(COCC(=O)N2)[C@@H]1COC1CCC(c2ccccc2)CC1. The predicted molar refractivity (Wildman–Crippen MR) is 124 cm³/mol. The smallest absolute Gasteiger partial charge is 0.318 e. The number of likely N-dealkylation sites (tertiary alicyclic amines) is 1. The summed E-state index contributed by atoms with van der Waals surface area (Å²) in [7, 11) is 1.61. The van der Waals surface area contributed by atoms with E-state index in [1.165, 1.54) is 5.56 Å². The molecule has 8 nitrogen and oxygen atoms in total. The van der Waals surface area contributed by atoms with Crippen molar-refractivity contribution in [2.24, 2.45) is 0 Å². The molecule has 2 heterocycles. The van der Waals surface area contributed by atoms with Crippen molar-refractivity contribution in [3.63, 3.8) is 0 Å². The number of benzene rings is 1. The third kappa shape index (κ3) is 5.50. The van der Waals surface area contributed by atoms with Gasteiger partial charge >= 0.3 is 6.03 Å². The molecule has 0 aromatic heterocycles. The van der Waals surface area contributed by atoms with Gasteiger partial charge in [0.25, 0.3) is 0 Å². The molecule has 3 amide bonds. The van der Waals surface area contributed by atoms with E-state index in [0.717, 1.165) is 25.7 Å². The summed E-state index contributed by atoms with van der Waals surface area (Å²) in [5.41, 5.74) is 0.787. The molecule has 1 saturated carbocycles. The van der Waals surface area contributed by atoms with E-state index in [4.69, 9.17) is 14.2 Å². The van der Waals surface area contributed by atoms with Crippen LogP contribution in [0.3, 0.4) is 0 Å². The van der Waals surface area contributed by atoms with Gasteiger partial charge in [-0.15, -0.1) is 0 Å². The lowest BCUT2D eigenvalue weighted by molar-refractivity contribution is -0.137. The first kappa shape index (κ1) is 24.0. The molecule has 2 saturated heterocycles. The molecule has 182 valence electrons. The lowest BCUT2D eigenvalue weighted by Crippen LogP contribution is -2.65. The highest BCUT2D eigenvalue weighted by atomic mass is 16.5. The van der Waals surface area contributed by atoms with Gasteiger partial charge in [0, 0.05) is 19.7 Å². The van der Waals surface area contributed by atoms with Gasteiger partial charge in [-0.3, -0.25) is 4.79 Å². The molecular formula is C25H37N3O5. The number of rotatable bonds is 7. The third-order valence-corrected chi connectivity index (χ3v) is 7.34. The maximum absolute atomic E-state index is 13.0. The van der Waals surface area contributed by atoms with Crippen molar-refractivity contribution in [2.45, 2.75) is 68.7 Å². The van der Waals surface area contributed by atoms with Crippen molar-refractivity contribution in [1.29, 1.82) is 0 Å². The number of urea groups is 1. The number of morpholine rings is 1. The van der Waals surface area contributed by atoms with Gasteiger partial charge < -0.3 is 29.7 Å². The van der Waals surface area contributed by atoms with Gasteiger partial charge in [0.15, 0.2) is 0 Å². The molecule has 3 atom stereocenters. The molecule has 0 bridgehead atoms. The molecule has 3 aliphatic rings. The quantitative estimate of drug-likeness (QED) is 0.612. The average molecular weight is 460 g/mol. The van der Waals surface area contributed by atoms with Crippen molar-refractivity contribution >= 4 is 11.9 Å². The molecule has 8 heteroatoms. The highest BCUT2D eigenvalue weighted by Gasteiger charge is 2.55. The fourth-order valence-corrected chi connectivity index (χ4v) is 5.75. The Morgan fingerprint density at radius 1 is 1.24 bits per heavy atom. The van der Waals surface area contributed by atoms with Crippen LogP contribution in [0.5, 0.6) is 0 Å². The molecule has 2 aliphatic heterocycles. The number of amides is 3. The summed E-state index contributed by atoms with van der Waals surface area (Å²) in [5.74, 6) is 0.446. The number of hydrogen-bond donors (Lipinski definition) is 2. The van der Waals surface area contributed by atoms with Crippen LogP contribution in [-0.2, 0) is 19.0 Å². The molecule has 1 aromatic carbocycles. The van der Waals surface area contributed by atoms with E-state index < -0.39 is 5.54 Å². The van der Waals surface area contributed by atoms with Crippen molar-refractivity contribution in [3.8, 4) is 0 Å². The lowest BCUT2D eigenvalue weighted by Gasteiger charge is -2.41. The molecular weight excluding hydrogens is 422 g/mol. The number of carbonyl (C=O) groups is 2. The summed E-state index contributed by atoms with van der Waals surface area (Å²) >= 11 is 0. The number of hydrogen-bond acceptors (Lipinski definition) is 5. The number of nitrogens with zero attached hydrogens (tertiary/aromatic N) is 1. The monoisotopic (exact) mass is 459 g/mol. The van der Waals surface area contributed by atoms with Crippen molar-refractivity contribution in [2.75, 3.05) is 40.1 Å². The predicted octanol–water partition coefficient (Wildman–Crippen LogP) is 2.43. The van der Waals surface area contributed by atoms with Gasteiger partial charge in [-0.05, 0) is 50.5 Å². The molecule has 1 aromatic rings. The van der Waals surface area contributed by atoms with Crippen LogP contribution in [0.4, 0.5) is 4.79 Å². The fourth-order valence-electron chi connectivity index (χ4n) is 5.75. The van der Waals surface area contributed by atoms with Gasteiger partial charge in [0.2, 0.25) is 5.91 Å². The standard InChI is InChI=1S/C25H37N3O5/c1-18-14-25(17-32-16-23(29)27-25)22(28(18)24(30)26-12-13-31-2)15-33-21-10-8-20(9-11-21)19-6-4-3-5-7-19/h3-7,18,20-22H,8-17H2,1-2H3,(H,26,30)(H,27,29)/t18-,20?,21?,22+,25-/m1/s1. The minimum atomic E-state index is -0.616. The number of nitrogens with one attached hydrogen (secondary N) is 2. The molecule has 2 N–H and O–H groups in total. The normalized spacial score (nSPS) is 32.1. The Kier molecular flexibility index (Phi) is 7.88. The van der Waals surface area contributed by atoms with Crippen molar-refractivity contribution in [1.82, 2.24) is 15.5 Å². The van der Waals surface area contributed by atoms with Gasteiger partial charge in [-0.25, -0.2) is 4.79 Å². The minimum absolute atomic E-state index is 0.0445. The highest BCUT2D eigenvalue weighted by Crippen LogP contribution is 2.38. The zero-order valence-electron chi connectivity index (χ0n) is 19.8. The Hall–Kier alpha value is -2.16. The Labute approximate surface area is 196 Å². The van der Waals surface area contributed by atoms with Gasteiger partial charge in [0.1, 0.15) is 6.61 Å². The van der Waals surface area contributed by atoms with E-state index in [9.17, 15) is 9.59 Å². The second-order valence-corrected chi connectivity index (χ2v) is 9.62. The van der Waals surface area contributed by atoms with Crippen molar-refractivity contribution < 1.29 is 23.8 Å². The van der Waals surface area contributed by atoms with E-state index in [1.54, 1.807) is 7.11 Å². The summed E-state index contributed by atoms with van der Waals surface area (Å²) in [6.45, 7) is 3.74. The van der Waals surface area contributed by atoms with E-state index in [1.807, 2.05) is 11.8 Å². The Balaban J connectivity index is 1.40.